The van der Waals surface area contributed by atoms with Gasteiger partial charge in [0.05, 0.1) is 5.69 Å². The average Bonchev–Trinajstić information content (AvgIpc) is 2.61. The number of rotatable bonds is 0. The van der Waals surface area contributed by atoms with Crippen molar-refractivity contribution in [1.82, 2.24) is 4.72 Å². The van der Waals surface area contributed by atoms with Gasteiger partial charge in [0.1, 0.15) is 0 Å². The third-order valence-corrected chi connectivity index (χ3v) is 3.93. The molecule has 0 radical (unpaired) electrons. The fourth-order valence-electron chi connectivity index (χ4n) is 2.36. The zero-order chi connectivity index (χ0) is 9.38. The van der Waals surface area contributed by atoms with Gasteiger partial charge in [-0.25, -0.2) is 0 Å². The first-order valence-electron chi connectivity index (χ1n) is 5.20. The lowest BCUT2D eigenvalue weighted by atomic mass is 10.2. The van der Waals surface area contributed by atoms with Crippen molar-refractivity contribution in [3.8, 4) is 0 Å². The van der Waals surface area contributed by atoms with E-state index in [9.17, 15) is 0 Å². The van der Waals surface area contributed by atoms with Crippen LogP contribution in [-0.2, 0) is 0 Å². The van der Waals surface area contributed by atoms with Crippen LogP contribution in [0.2, 0.25) is 0 Å². The monoisotopic (exact) mass is 206 g/mol. The second-order valence-corrected chi connectivity index (χ2v) is 4.84. The number of nitrogens with zero attached hydrogens (tertiary/aromatic N) is 1. The molecule has 3 heteroatoms. The number of anilines is 1. The van der Waals surface area contributed by atoms with Crippen molar-refractivity contribution in [2.75, 3.05) is 18.0 Å². The van der Waals surface area contributed by atoms with Gasteiger partial charge in [-0.15, -0.1) is 0 Å². The molecule has 0 spiro atoms. The van der Waals surface area contributed by atoms with Crippen LogP contribution in [0.4, 0.5) is 5.69 Å². The Hall–Kier alpha value is -0.670. The first-order valence-corrected chi connectivity index (χ1v) is 6.02. The Morgan fingerprint density at radius 2 is 2.29 bits per heavy atom. The van der Waals surface area contributed by atoms with Crippen molar-refractivity contribution in [2.45, 2.75) is 23.8 Å². The molecule has 0 amide bonds. The minimum absolute atomic E-state index is 0.714. The summed E-state index contributed by atoms with van der Waals surface area (Å²) in [5.74, 6) is 0. The maximum absolute atomic E-state index is 3.45. The molecule has 1 fully saturated rings. The van der Waals surface area contributed by atoms with E-state index in [1.807, 2.05) is 0 Å². The third-order valence-electron chi connectivity index (χ3n) is 3.05. The predicted molar refractivity (Wildman–Crippen MR) is 60.7 cm³/mol. The molecule has 1 aromatic rings. The lowest BCUT2D eigenvalue weighted by Gasteiger charge is -2.24. The smallest absolute Gasteiger partial charge is 0.0520 e. The summed E-state index contributed by atoms with van der Waals surface area (Å²) in [5.41, 5.74) is 1.42. The van der Waals surface area contributed by atoms with Crippen LogP contribution in [0.25, 0.3) is 0 Å². The first kappa shape index (κ1) is 8.62. The van der Waals surface area contributed by atoms with E-state index in [1.54, 1.807) is 11.9 Å². The number of fused-ring (bicyclic) bond motifs is 3. The summed E-state index contributed by atoms with van der Waals surface area (Å²) >= 11 is 1.77. The topological polar surface area (TPSA) is 15.3 Å². The summed E-state index contributed by atoms with van der Waals surface area (Å²) in [4.78, 5) is 3.93. The Morgan fingerprint density at radius 3 is 3.29 bits per heavy atom. The van der Waals surface area contributed by atoms with E-state index in [4.69, 9.17) is 0 Å². The SMILES string of the molecule is c1ccc2c(c1)SNCC1CCCN21. The Kier molecular flexibility index (Phi) is 2.14. The van der Waals surface area contributed by atoms with Crippen molar-refractivity contribution in [1.29, 1.82) is 0 Å². The molecule has 1 atom stereocenters. The van der Waals surface area contributed by atoms with Crippen LogP contribution in [0.3, 0.4) is 0 Å². The molecule has 0 aromatic heterocycles. The second-order valence-electron chi connectivity index (χ2n) is 3.91. The molecule has 2 nitrogen and oxygen atoms in total. The maximum Gasteiger partial charge on any atom is 0.0520 e. The van der Waals surface area contributed by atoms with Crippen LogP contribution in [0.15, 0.2) is 29.2 Å². The van der Waals surface area contributed by atoms with Crippen LogP contribution >= 0.6 is 11.9 Å². The van der Waals surface area contributed by atoms with Crippen LogP contribution < -0.4 is 9.62 Å². The van der Waals surface area contributed by atoms with Gasteiger partial charge in [0.25, 0.3) is 0 Å². The number of para-hydroxylation sites is 1. The highest BCUT2D eigenvalue weighted by molar-refractivity contribution is 7.97. The number of hydrogen-bond acceptors (Lipinski definition) is 3. The third kappa shape index (κ3) is 1.31. The maximum atomic E-state index is 3.45. The number of nitrogens with one attached hydrogen (secondary N) is 1. The largest absolute Gasteiger partial charge is 0.366 e. The normalized spacial score (nSPS) is 25.4. The summed E-state index contributed by atoms with van der Waals surface area (Å²) in [7, 11) is 0. The first-order chi connectivity index (χ1) is 6.95. The molecular weight excluding hydrogens is 192 g/mol. The van der Waals surface area contributed by atoms with Crippen LogP contribution in [0.1, 0.15) is 12.8 Å². The second kappa shape index (κ2) is 3.48. The molecule has 2 aliphatic rings. The highest BCUT2D eigenvalue weighted by Crippen LogP contribution is 2.35. The molecule has 1 aromatic carbocycles. The Bertz CT molecular complexity index is 340. The van der Waals surface area contributed by atoms with Crippen molar-refractivity contribution in [3.63, 3.8) is 0 Å². The van der Waals surface area contributed by atoms with Crippen molar-refractivity contribution < 1.29 is 0 Å². The molecule has 74 valence electrons. The molecular formula is C11H14N2S. The van der Waals surface area contributed by atoms with Crippen molar-refractivity contribution >= 4 is 17.6 Å². The van der Waals surface area contributed by atoms with Gasteiger partial charge < -0.3 is 4.90 Å². The zero-order valence-corrected chi connectivity index (χ0v) is 8.89. The van der Waals surface area contributed by atoms with Crippen molar-refractivity contribution in [3.05, 3.63) is 24.3 Å². The average molecular weight is 206 g/mol. The fraction of sp³-hybridized carbons (Fsp3) is 0.455. The van der Waals surface area contributed by atoms with Crippen LogP contribution in [-0.4, -0.2) is 19.1 Å². The van der Waals surface area contributed by atoms with E-state index < -0.39 is 0 Å². The van der Waals surface area contributed by atoms with Crippen LogP contribution in [0, 0.1) is 0 Å². The molecule has 2 aliphatic heterocycles. The molecule has 14 heavy (non-hydrogen) atoms. The van der Waals surface area contributed by atoms with E-state index in [0.29, 0.717) is 6.04 Å². The summed E-state index contributed by atoms with van der Waals surface area (Å²) in [5, 5.41) is 0. The summed E-state index contributed by atoms with van der Waals surface area (Å²) in [6.07, 6.45) is 2.67. The molecule has 1 N–H and O–H groups in total. The highest BCUT2D eigenvalue weighted by Gasteiger charge is 2.28. The quantitative estimate of drug-likeness (QED) is 0.656. The summed E-state index contributed by atoms with van der Waals surface area (Å²) in [6, 6.07) is 9.41. The summed E-state index contributed by atoms with van der Waals surface area (Å²) < 4.78 is 3.45. The van der Waals surface area contributed by atoms with Gasteiger partial charge >= 0.3 is 0 Å². The van der Waals surface area contributed by atoms with E-state index >= 15 is 0 Å². The molecule has 1 unspecified atom stereocenters. The van der Waals surface area contributed by atoms with Gasteiger partial charge in [-0.3, -0.25) is 4.72 Å². The van der Waals surface area contributed by atoms with E-state index in [0.717, 1.165) is 6.54 Å². The van der Waals surface area contributed by atoms with Crippen LogP contribution in [0.5, 0.6) is 0 Å². The van der Waals surface area contributed by atoms with Gasteiger partial charge in [-0.1, -0.05) is 12.1 Å². The fourth-order valence-corrected chi connectivity index (χ4v) is 3.23. The van der Waals surface area contributed by atoms with Gasteiger partial charge in [0.2, 0.25) is 0 Å². The van der Waals surface area contributed by atoms with E-state index in [1.165, 1.54) is 30.0 Å². The van der Waals surface area contributed by atoms with Gasteiger partial charge in [0, 0.05) is 24.0 Å². The number of hydrogen-bond donors (Lipinski definition) is 1. The van der Waals surface area contributed by atoms with Gasteiger partial charge in [-0.2, -0.15) is 0 Å². The summed E-state index contributed by atoms with van der Waals surface area (Å²) in [6.45, 7) is 2.34. The standard InChI is InChI=1S/C11H14N2S/c1-2-6-11-10(5-1)13-7-3-4-9(13)8-12-14-11/h1-2,5-6,9,12H,3-4,7-8H2. The minimum Gasteiger partial charge on any atom is -0.366 e. The minimum atomic E-state index is 0.714. The van der Waals surface area contributed by atoms with Gasteiger partial charge in [-0.05, 0) is 36.9 Å². The molecule has 0 aliphatic carbocycles. The predicted octanol–water partition coefficient (Wildman–Crippen LogP) is 2.27. The van der Waals surface area contributed by atoms with E-state index in [2.05, 4.69) is 33.9 Å². The zero-order valence-electron chi connectivity index (χ0n) is 8.07. The highest BCUT2D eigenvalue weighted by atomic mass is 32.2. The lowest BCUT2D eigenvalue weighted by Crippen LogP contribution is -2.34. The Labute approximate surface area is 88.8 Å². The molecule has 3 rings (SSSR count). The molecule has 0 bridgehead atoms. The lowest BCUT2D eigenvalue weighted by molar-refractivity contribution is 0.660. The Morgan fingerprint density at radius 1 is 1.36 bits per heavy atom. The van der Waals surface area contributed by atoms with Gasteiger partial charge in [0.15, 0.2) is 0 Å². The molecule has 0 saturated carbocycles. The van der Waals surface area contributed by atoms with Crippen molar-refractivity contribution in [2.24, 2.45) is 0 Å². The Balaban J connectivity index is 2.04. The molecule has 2 heterocycles. The number of benzene rings is 1. The van der Waals surface area contributed by atoms with E-state index in [-0.39, 0.29) is 0 Å². The molecule has 1 saturated heterocycles.